The molecule has 9 heteroatoms. The minimum Gasteiger partial charge on any atom is -0.464 e. The third-order valence-electron chi connectivity index (χ3n) is 4.97. The third-order valence-corrected chi connectivity index (χ3v) is 4.97. The summed E-state index contributed by atoms with van der Waals surface area (Å²) in [5.74, 6) is -0.392. The molecule has 0 aliphatic heterocycles. The Morgan fingerprint density at radius 2 is 1.81 bits per heavy atom. The van der Waals surface area contributed by atoms with Gasteiger partial charge in [0.15, 0.2) is 0 Å². The molecular formula is C23H25F3N4O2. The lowest BCUT2D eigenvalue weighted by Crippen LogP contribution is -2.42. The van der Waals surface area contributed by atoms with Crippen LogP contribution in [0.3, 0.4) is 0 Å². The molecule has 0 spiro atoms. The van der Waals surface area contributed by atoms with Gasteiger partial charge in [0.1, 0.15) is 24.1 Å². The highest BCUT2D eigenvalue weighted by Gasteiger charge is 2.29. The van der Waals surface area contributed by atoms with Gasteiger partial charge in [0.2, 0.25) is 0 Å². The highest BCUT2D eigenvalue weighted by atomic mass is 19.4. The Morgan fingerprint density at radius 1 is 1.16 bits per heavy atom. The molecule has 0 fully saturated rings. The minimum absolute atomic E-state index is 0.00317. The summed E-state index contributed by atoms with van der Waals surface area (Å²) < 4.78 is 44.3. The zero-order valence-corrected chi connectivity index (χ0v) is 18.2. The van der Waals surface area contributed by atoms with Crippen molar-refractivity contribution in [2.75, 3.05) is 11.9 Å². The van der Waals surface area contributed by atoms with Crippen LogP contribution in [-0.4, -0.2) is 46.3 Å². The van der Waals surface area contributed by atoms with Gasteiger partial charge in [0.05, 0.1) is 5.71 Å². The Balaban J connectivity index is 2.05. The van der Waals surface area contributed by atoms with Crippen molar-refractivity contribution < 1.29 is 22.4 Å². The van der Waals surface area contributed by atoms with Gasteiger partial charge in [-0.15, -0.1) is 0 Å². The second kappa shape index (κ2) is 9.02. The number of nitrogens with one attached hydrogen (secondary N) is 2. The molecule has 1 amide bonds. The molecule has 0 aliphatic carbocycles. The number of halogens is 3. The van der Waals surface area contributed by atoms with E-state index >= 15 is 0 Å². The van der Waals surface area contributed by atoms with E-state index in [9.17, 15) is 18.0 Å². The first-order chi connectivity index (χ1) is 15.0. The van der Waals surface area contributed by atoms with Crippen LogP contribution in [0.4, 0.5) is 18.9 Å². The van der Waals surface area contributed by atoms with E-state index in [2.05, 4.69) is 10.3 Å². The van der Waals surface area contributed by atoms with Gasteiger partial charge in [0, 0.05) is 40.5 Å². The number of carbonyl (C=O) groups is 1. The Hall–Kier alpha value is -3.36. The average molecular weight is 446 g/mol. The molecule has 0 atom stereocenters. The van der Waals surface area contributed by atoms with Crippen LogP contribution >= 0.6 is 0 Å². The van der Waals surface area contributed by atoms with Crippen molar-refractivity contribution in [3.05, 3.63) is 59.6 Å². The van der Waals surface area contributed by atoms with Crippen LogP contribution in [0.15, 0.2) is 47.2 Å². The van der Waals surface area contributed by atoms with E-state index in [-0.39, 0.29) is 34.7 Å². The van der Waals surface area contributed by atoms with Gasteiger partial charge in [-0.1, -0.05) is 18.2 Å². The van der Waals surface area contributed by atoms with E-state index < -0.39 is 18.6 Å². The predicted molar refractivity (Wildman–Crippen MR) is 117 cm³/mol. The van der Waals surface area contributed by atoms with Crippen LogP contribution in [0.5, 0.6) is 0 Å². The molecule has 2 heterocycles. The summed E-state index contributed by atoms with van der Waals surface area (Å²) in [6.07, 6.45) is -1.83. The Bertz CT molecular complexity index is 1130. The lowest BCUT2D eigenvalue weighted by Gasteiger charge is -2.30. The van der Waals surface area contributed by atoms with Gasteiger partial charge in [-0.2, -0.15) is 13.2 Å². The van der Waals surface area contributed by atoms with E-state index in [1.54, 1.807) is 29.2 Å². The van der Waals surface area contributed by atoms with E-state index in [0.717, 1.165) is 0 Å². The molecule has 0 saturated carbocycles. The van der Waals surface area contributed by atoms with Crippen LogP contribution < -0.4 is 5.32 Å². The molecule has 6 nitrogen and oxygen atoms in total. The largest absolute Gasteiger partial charge is 0.464 e. The van der Waals surface area contributed by atoms with E-state index in [1.165, 1.54) is 18.5 Å². The third kappa shape index (κ3) is 4.92. The van der Waals surface area contributed by atoms with Crippen molar-refractivity contribution in [1.29, 1.82) is 5.41 Å². The van der Waals surface area contributed by atoms with Crippen molar-refractivity contribution in [2.45, 2.75) is 46.0 Å². The van der Waals surface area contributed by atoms with Crippen molar-refractivity contribution >= 4 is 28.3 Å². The lowest BCUT2D eigenvalue weighted by molar-refractivity contribution is -0.115. The van der Waals surface area contributed by atoms with E-state index in [1.807, 2.05) is 27.7 Å². The zero-order chi connectivity index (χ0) is 23.6. The summed E-state index contributed by atoms with van der Waals surface area (Å²) in [5.41, 5.74) is 1.06. The first kappa shape index (κ1) is 23.3. The van der Waals surface area contributed by atoms with Crippen LogP contribution in [0, 0.1) is 5.41 Å². The molecule has 170 valence electrons. The normalized spacial score (nSPS) is 11.9. The fourth-order valence-electron chi connectivity index (χ4n) is 3.63. The second-order valence-corrected chi connectivity index (χ2v) is 8.00. The smallest absolute Gasteiger partial charge is 0.405 e. The molecule has 0 radical (unpaired) electrons. The van der Waals surface area contributed by atoms with Gasteiger partial charge in [-0.05, 0) is 39.8 Å². The van der Waals surface area contributed by atoms with Crippen molar-refractivity contribution in [3.63, 3.8) is 0 Å². The number of benzene rings is 1. The van der Waals surface area contributed by atoms with Crippen LogP contribution in [0.1, 0.15) is 49.3 Å². The fraction of sp³-hybridized carbons (Fsp3) is 0.348. The van der Waals surface area contributed by atoms with E-state index in [0.29, 0.717) is 16.5 Å². The number of fused-ring (bicyclic) bond motifs is 1. The molecule has 2 aromatic heterocycles. The summed E-state index contributed by atoms with van der Waals surface area (Å²) in [6, 6.07) is 8.10. The Labute approximate surface area is 183 Å². The van der Waals surface area contributed by atoms with Gasteiger partial charge >= 0.3 is 6.18 Å². The predicted octanol–water partition coefficient (Wildman–Crippen LogP) is 5.48. The maximum Gasteiger partial charge on any atom is 0.405 e. The van der Waals surface area contributed by atoms with Crippen LogP contribution in [0.25, 0.3) is 11.0 Å². The number of aromatic nitrogens is 1. The second-order valence-electron chi connectivity index (χ2n) is 8.00. The molecule has 3 aromatic rings. The molecule has 32 heavy (non-hydrogen) atoms. The molecule has 3 rings (SSSR count). The van der Waals surface area contributed by atoms with Crippen molar-refractivity contribution in [2.24, 2.45) is 0 Å². The zero-order valence-electron chi connectivity index (χ0n) is 18.2. The molecular weight excluding hydrogens is 421 g/mol. The van der Waals surface area contributed by atoms with Crippen LogP contribution in [0.2, 0.25) is 0 Å². The number of rotatable bonds is 7. The summed E-state index contributed by atoms with van der Waals surface area (Å²) >= 11 is 0. The van der Waals surface area contributed by atoms with Crippen LogP contribution in [-0.2, 0) is 0 Å². The number of pyridine rings is 1. The number of carbonyl (C=O) groups excluding carboxylic acids is 1. The molecule has 0 unspecified atom stereocenters. The lowest BCUT2D eigenvalue weighted by atomic mass is 10.0. The number of hydrogen-bond donors (Lipinski definition) is 2. The van der Waals surface area contributed by atoms with Crippen molar-refractivity contribution in [1.82, 2.24) is 9.88 Å². The number of furan rings is 1. The highest BCUT2D eigenvalue weighted by molar-refractivity contribution is 6.19. The fourth-order valence-corrected chi connectivity index (χ4v) is 3.63. The first-order valence-electron chi connectivity index (χ1n) is 10.2. The topological polar surface area (TPSA) is 82.2 Å². The van der Waals surface area contributed by atoms with Gasteiger partial charge < -0.3 is 14.6 Å². The first-order valence-corrected chi connectivity index (χ1v) is 10.2. The number of alkyl halides is 3. The monoisotopic (exact) mass is 446 g/mol. The SMILES string of the molecule is CC(C)N(C(=O)c1cc(NCC(F)(F)F)c(C(=N)c2coc3ccccc23)cn1)C(C)C. The number of anilines is 1. The maximum atomic E-state index is 13.0. The summed E-state index contributed by atoms with van der Waals surface area (Å²) in [4.78, 5) is 18.8. The standard InChI is InChI=1S/C23H25F3N4O2/c1-13(2)30(14(3)4)22(31)19-9-18(29-12-23(24,25)26)16(10-28-19)21(27)17-11-32-20-8-6-5-7-15(17)20/h5-11,13-14,27H,12H2,1-4H3,(H,28,29). The molecule has 1 aromatic carbocycles. The van der Waals surface area contributed by atoms with Gasteiger partial charge in [-0.3, -0.25) is 15.2 Å². The number of amides is 1. The molecule has 0 aliphatic rings. The van der Waals surface area contributed by atoms with Gasteiger partial charge in [0.25, 0.3) is 5.91 Å². The number of nitrogens with zero attached hydrogens (tertiary/aromatic N) is 2. The summed E-state index contributed by atoms with van der Waals surface area (Å²) in [7, 11) is 0. The molecule has 0 bridgehead atoms. The summed E-state index contributed by atoms with van der Waals surface area (Å²) in [5, 5.41) is 11.6. The molecule has 2 N–H and O–H groups in total. The molecule has 0 saturated heterocycles. The van der Waals surface area contributed by atoms with Gasteiger partial charge in [-0.25, -0.2) is 0 Å². The minimum atomic E-state index is -4.48. The number of para-hydroxylation sites is 1. The van der Waals surface area contributed by atoms with E-state index in [4.69, 9.17) is 9.83 Å². The Morgan fingerprint density at radius 3 is 2.44 bits per heavy atom. The number of hydrogen-bond acceptors (Lipinski definition) is 5. The average Bonchev–Trinajstić information content (AvgIpc) is 3.14. The summed E-state index contributed by atoms with van der Waals surface area (Å²) in [6.45, 7) is 6.11. The maximum absolute atomic E-state index is 13.0. The quantitative estimate of drug-likeness (QED) is 0.471. The van der Waals surface area contributed by atoms with Crippen molar-refractivity contribution in [3.8, 4) is 0 Å². The Kier molecular flexibility index (Phi) is 6.57. The highest BCUT2D eigenvalue weighted by Crippen LogP contribution is 2.28.